The molecule has 0 spiro atoms. The molecule has 14 heavy (non-hydrogen) atoms. The van der Waals surface area contributed by atoms with E-state index in [1.54, 1.807) is 0 Å². The summed E-state index contributed by atoms with van der Waals surface area (Å²) in [5.74, 6) is 0. The Morgan fingerprint density at radius 3 is 2.50 bits per heavy atom. The summed E-state index contributed by atoms with van der Waals surface area (Å²) in [4.78, 5) is 0. The van der Waals surface area contributed by atoms with Crippen molar-refractivity contribution in [2.24, 2.45) is 0 Å². The van der Waals surface area contributed by atoms with Crippen LogP contribution in [0, 0.1) is 6.92 Å². The Hall–Kier alpha value is -0.890. The van der Waals surface area contributed by atoms with E-state index in [4.69, 9.17) is 0 Å². The Labute approximate surface area is 85.3 Å². The fourth-order valence-electron chi connectivity index (χ4n) is 1.36. The van der Waals surface area contributed by atoms with Gasteiger partial charge in [0.05, 0.1) is 6.67 Å². The number of benzene rings is 1. The molecule has 0 saturated carbocycles. The minimum absolute atomic E-state index is 0.242. The molecule has 0 aliphatic carbocycles. The van der Waals surface area contributed by atoms with Crippen LogP contribution in [0.1, 0.15) is 30.5 Å². The molecule has 1 aromatic carbocycles. The molecule has 1 rings (SSSR count). The van der Waals surface area contributed by atoms with Crippen LogP contribution in [0.4, 0.5) is 4.39 Å². The first-order valence-electron chi connectivity index (χ1n) is 5.10. The van der Waals surface area contributed by atoms with Crippen LogP contribution in [0.3, 0.4) is 0 Å². The maximum absolute atomic E-state index is 11.9. The third-order valence-electron chi connectivity index (χ3n) is 2.34. The van der Waals surface area contributed by atoms with E-state index in [1.807, 2.05) is 0 Å². The average molecular weight is 195 g/mol. The van der Waals surface area contributed by atoms with Crippen LogP contribution in [0.2, 0.25) is 0 Å². The zero-order valence-corrected chi connectivity index (χ0v) is 8.89. The quantitative estimate of drug-likeness (QED) is 0.712. The minimum atomic E-state index is -0.242. The molecule has 0 aromatic heterocycles. The Morgan fingerprint density at radius 2 is 1.93 bits per heavy atom. The Kier molecular flexibility index (Phi) is 4.60. The van der Waals surface area contributed by atoms with Gasteiger partial charge in [0.1, 0.15) is 0 Å². The Balaban J connectivity index is 2.43. The van der Waals surface area contributed by atoms with Gasteiger partial charge < -0.3 is 5.32 Å². The number of aryl methyl sites for hydroxylation is 1. The zero-order valence-electron chi connectivity index (χ0n) is 8.89. The topological polar surface area (TPSA) is 12.0 Å². The van der Waals surface area contributed by atoms with E-state index in [2.05, 4.69) is 43.4 Å². The van der Waals surface area contributed by atoms with Gasteiger partial charge in [-0.15, -0.1) is 0 Å². The largest absolute Gasteiger partial charge is 0.310 e. The molecule has 0 aliphatic rings. The predicted octanol–water partition coefficient (Wildman–Crippen LogP) is 3.01. The van der Waals surface area contributed by atoms with Crippen molar-refractivity contribution in [2.45, 2.75) is 26.3 Å². The van der Waals surface area contributed by atoms with Crippen molar-refractivity contribution in [1.82, 2.24) is 5.32 Å². The molecule has 0 radical (unpaired) electrons. The first-order valence-corrected chi connectivity index (χ1v) is 5.10. The highest BCUT2D eigenvalue weighted by molar-refractivity contribution is 5.23. The summed E-state index contributed by atoms with van der Waals surface area (Å²) in [6.45, 7) is 4.67. The van der Waals surface area contributed by atoms with E-state index in [9.17, 15) is 4.39 Å². The van der Waals surface area contributed by atoms with Crippen molar-refractivity contribution in [1.29, 1.82) is 0 Å². The molecular weight excluding hydrogens is 177 g/mol. The fraction of sp³-hybridized carbons (Fsp3) is 0.500. The van der Waals surface area contributed by atoms with Crippen LogP contribution in [0.25, 0.3) is 0 Å². The third kappa shape index (κ3) is 3.46. The van der Waals surface area contributed by atoms with E-state index in [0.717, 1.165) is 6.54 Å². The van der Waals surface area contributed by atoms with Gasteiger partial charge in [-0.05, 0) is 32.4 Å². The summed E-state index contributed by atoms with van der Waals surface area (Å²) in [7, 11) is 0. The number of rotatable bonds is 5. The minimum Gasteiger partial charge on any atom is -0.310 e. The van der Waals surface area contributed by atoms with Crippen LogP contribution in [-0.2, 0) is 0 Å². The number of hydrogen-bond acceptors (Lipinski definition) is 1. The standard InChI is InChI=1S/C12H18FN/c1-10-4-6-12(7-5-10)11(2)14-9-3-8-13/h4-7,11,14H,3,8-9H2,1-2H3/t11-/m0/s1. The molecule has 1 nitrogen and oxygen atoms in total. The SMILES string of the molecule is Cc1ccc([C@H](C)NCCCF)cc1. The van der Waals surface area contributed by atoms with Crippen molar-refractivity contribution >= 4 is 0 Å². The van der Waals surface area contributed by atoms with Gasteiger partial charge in [-0.3, -0.25) is 4.39 Å². The highest BCUT2D eigenvalue weighted by Gasteiger charge is 2.02. The number of halogens is 1. The van der Waals surface area contributed by atoms with E-state index in [0.29, 0.717) is 12.5 Å². The Bertz CT molecular complexity index is 256. The van der Waals surface area contributed by atoms with Gasteiger partial charge in [-0.2, -0.15) is 0 Å². The Morgan fingerprint density at radius 1 is 1.29 bits per heavy atom. The van der Waals surface area contributed by atoms with Crippen molar-refractivity contribution in [2.75, 3.05) is 13.2 Å². The number of hydrogen-bond donors (Lipinski definition) is 1. The molecule has 0 bridgehead atoms. The lowest BCUT2D eigenvalue weighted by atomic mass is 10.1. The molecular formula is C12H18FN. The predicted molar refractivity (Wildman–Crippen MR) is 58.2 cm³/mol. The van der Waals surface area contributed by atoms with Crippen LogP contribution < -0.4 is 5.32 Å². The van der Waals surface area contributed by atoms with Gasteiger partial charge in [0.15, 0.2) is 0 Å². The van der Waals surface area contributed by atoms with Gasteiger partial charge >= 0.3 is 0 Å². The maximum atomic E-state index is 11.9. The highest BCUT2D eigenvalue weighted by atomic mass is 19.1. The molecule has 1 aromatic rings. The monoisotopic (exact) mass is 195 g/mol. The maximum Gasteiger partial charge on any atom is 0.0906 e. The van der Waals surface area contributed by atoms with Crippen LogP contribution in [-0.4, -0.2) is 13.2 Å². The van der Waals surface area contributed by atoms with Crippen LogP contribution in [0.15, 0.2) is 24.3 Å². The van der Waals surface area contributed by atoms with E-state index >= 15 is 0 Å². The van der Waals surface area contributed by atoms with E-state index < -0.39 is 0 Å². The smallest absolute Gasteiger partial charge is 0.0906 e. The van der Waals surface area contributed by atoms with Crippen molar-refractivity contribution < 1.29 is 4.39 Å². The molecule has 1 atom stereocenters. The van der Waals surface area contributed by atoms with Gasteiger partial charge in [0.25, 0.3) is 0 Å². The second-order valence-corrected chi connectivity index (χ2v) is 3.63. The average Bonchev–Trinajstić information content (AvgIpc) is 2.19. The number of alkyl halides is 1. The van der Waals surface area contributed by atoms with Gasteiger partial charge in [0.2, 0.25) is 0 Å². The highest BCUT2D eigenvalue weighted by Crippen LogP contribution is 2.12. The van der Waals surface area contributed by atoms with E-state index in [-0.39, 0.29) is 6.67 Å². The lowest BCUT2D eigenvalue weighted by molar-refractivity contribution is 0.446. The fourth-order valence-corrected chi connectivity index (χ4v) is 1.36. The molecule has 0 amide bonds. The lowest BCUT2D eigenvalue weighted by Crippen LogP contribution is -2.20. The molecule has 2 heteroatoms. The van der Waals surface area contributed by atoms with Gasteiger partial charge in [-0.1, -0.05) is 29.8 Å². The number of nitrogens with one attached hydrogen (secondary N) is 1. The molecule has 0 heterocycles. The van der Waals surface area contributed by atoms with Crippen LogP contribution >= 0.6 is 0 Å². The summed E-state index contributed by atoms with van der Waals surface area (Å²) >= 11 is 0. The van der Waals surface area contributed by atoms with Crippen molar-refractivity contribution in [3.63, 3.8) is 0 Å². The van der Waals surface area contributed by atoms with Gasteiger partial charge in [-0.25, -0.2) is 0 Å². The molecule has 0 unspecified atom stereocenters. The lowest BCUT2D eigenvalue weighted by Gasteiger charge is -2.13. The normalized spacial score (nSPS) is 12.8. The van der Waals surface area contributed by atoms with Crippen molar-refractivity contribution in [3.05, 3.63) is 35.4 Å². The molecule has 1 N–H and O–H groups in total. The summed E-state index contributed by atoms with van der Waals surface area (Å²) in [5.41, 5.74) is 2.53. The zero-order chi connectivity index (χ0) is 10.4. The summed E-state index contributed by atoms with van der Waals surface area (Å²) in [6.07, 6.45) is 0.593. The summed E-state index contributed by atoms with van der Waals surface area (Å²) < 4.78 is 11.9. The van der Waals surface area contributed by atoms with Gasteiger partial charge in [0, 0.05) is 6.04 Å². The second-order valence-electron chi connectivity index (χ2n) is 3.63. The molecule has 0 fully saturated rings. The second kappa shape index (κ2) is 5.76. The molecule has 0 saturated heterocycles. The van der Waals surface area contributed by atoms with Crippen molar-refractivity contribution in [3.8, 4) is 0 Å². The first kappa shape index (κ1) is 11.2. The molecule has 78 valence electrons. The first-order chi connectivity index (χ1) is 6.74. The summed E-state index contributed by atoms with van der Waals surface area (Å²) in [5, 5.41) is 3.28. The summed E-state index contributed by atoms with van der Waals surface area (Å²) in [6, 6.07) is 8.73. The van der Waals surface area contributed by atoms with Crippen LogP contribution in [0.5, 0.6) is 0 Å². The molecule has 0 aliphatic heterocycles. The van der Waals surface area contributed by atoms with E-state index in [1.165, 1.54) is 11.1 Å². The third-order valence-corrected chi connectivity index (χ3v) is 2.34.